The number of fused-ring (bicyclic) bond motifs is 3. The SMILES string of the molecule is CC[C@H](C)[C@@H]1NC(=O)[C@H](CC(C)C)NC(=O)C(C)(C)NC(=O)C(/C=N/C(=O)[C@H](CC(C)C)NC(=O)C(/C=N/C(=O)[C@@H]2CCCN2C(=O)CCc2cccc3ccccc23)CCC(=O)O)CSCc2cccc(c2)CSC[C@@H](C(=O)NCCCOCCOCCOCCCNC(=O)CCC(=O)N[C@@H](CCCCNC(=O)CN2CCN(CC(=O)O)CCN(CC(O)O)CCN(CC(=O)O)CC2)C(N)=O)NC1O. The van der Waals surface area contributed by atoms with E-state index in [0.717, 1.165) is 33.7 Å². The molecule has 17 N–H and O–H groups in total. The number of thioether (sulfide) groups is 2. The van der Waals surface area contributed by atoms with E-state index in [-0.39, 0.29) is 210 Å². The predicted molar refractivity (Wildman–Crippen MR) is 530 cm³/mol. The zero-order chi connectivity index (χ0) is 103. The van der Waals surface area contributed by atoms with Crippen LogP contribution in [0.1, 0.15) is 168 Å². The highest BCUT2D eigenvalue weighted by atomic mass is 32.2. The number of carboxylic acids is 3. The minimum atomic E-state index is -1.70. The van der Waals surface area contributed by atoms with Crippen molar-refractivity contribution in [1.29, 1.82) is 0 Å². The minimum Gasteiger partial charge on any atom is -0.481 e. The van der Waals surface area contributed by atoms with Crippen LogP contribution in [0.15, 0.2) is 76.7 Å². The first-order chi connectivity index (χ1) is 66.8. The number of hydrogen-bond donors (Lipinski definition) is 16. The number of nitrogens with zero attached hydrogens (tertiary/aromatic N) is 7. The van der Waals surface area contributed by atoms with Crippen LogP contribution >= 0.6 is 23.5 Å². The fourth-order valence-electron chi connectivity index (χ4n) is 16.0. The highest BCUT2D eigenvalue weighted by Crippen LogP contribution is 2.27. The van der Waals surface area contributed by atoms with Gasteiger partial charge in [-0.2, -0.15) is 23.5 Å². The summed E-state index contributed by atoms with van der Waals surface area (Å²) in [6.45, 7) is 18.2. The standard InChI is InChI=1S/C97H151N17O24S2/c1-9-66(6)87-95(134)106-77(92(131)101-35-18-46-137-48-50-138-49-47-136-45-17-34-99-79(115)29-30-80(116)104-74(88(98)127)25-12-13-33-100-81(117)56-110-37-39-111(57-84(121)122)41-43-113(59-86(125)126)44-42-112(40-38-110)58-85(123)124)63-140-61-68-20-14-19-67(53-68)60-139-62-72(90(129)109-97(7,8)96(135)107-76(52-65(4)5)93(132)108-87)55-102-91(130)75(51-64(2)3)105-89(128)71(28-32-83(119)120)54-103-94(133)78-26-16-36-114(78)82(118)31-27-70-23-15-22-69-21-10-11-24-73(69)70/h10-11,14-15,19-24,53-55,64-66,71-72,74-78,86-87,95,106,125-126,134H,9,12-13,16-18,25-52,56-63H2,1-8H3,(H2,98,127)(H,99,115)(H,100,117)(H,101,131)(H,104,116)(H,105,128)(H,107,135)(H,108,132)(H,109,129)(H,119,120)(H,121,122)(H,123,124)/b102-55+,103-54+/t66-,71?,72?,74-,75-,76-,77-,78-,87-,95?/m0/s1. The molecule has 3 heterocycles. The number of rotatable bonds is 51. The van der Waals surface area contributed by atoms with Gasteiger partial charge < -0.3 is 98.0 Å². The van der Waals surface area contributed by atoms with Crippen LogP contribution in [-0.2, 0) is 104 Å². The van der Waals surface area contributed by atoms with Crippen LogP contribution in [0.3, 0.4) is 0 Å². The fourth-order valence-corrected chi connectivity index (χ4v) is 18.1. The number of β-amino-alcohol motifs (C(OH)–C–C–N with tert-alkyl or cyclic N) is 2. The molecule has 0 spiro atoms. The minimum absolute atomic E-state index is 0.0350. The van der Waals surface area contributed by atoms with Crippen LogP contribution in [0.5, 0.6) is 0 Å². The number of hydrogen-bond acceptors (Lipinski definition) is 28. The number of aliphatic hydroxyl groups excluding tert-OH is 2. The van der Waals surface area contributed by atoms with E-state index >= 15 is 0 Å². The molecule has 12 amide bonds. The monoisotopic (exact) mass is 2000 g/mol. The molecule has 3 aliphatic rings. The van der Waals surface area contributed by atoms with E-state index in [1.807, 2.05) is 113 Å². The Bertz CT molecular complexity index is 4500. The molecule has 2 saturated heterocycles. The summed E-state index contributed by atoms with van der Waals surface area (Å²) in [6.07, 6.45) is 2.05. The maximum atomic E-state index is 14.7. The molecule has 0 aromatic heterocycles. The number of amides is 12. The summed E-state index contributed by atoms with van der Waals surface area (Å²) < 4.78 is 17.1. The molecule has 0 aliphatic carbocycles. The van der Waals surface area contributed by atoms with Crippen molar-refractivity contribution in [3.8, 4) is 0 Å². The maximum Gasteiger partial charge on any atom is 0.317 e. The van der Waals surface area contributed by atoms with E-state index in [1.54, 1.807) is 14.7 Å². The molecule has 2 fully saturated rings. The van der Waals surface area contributed by atoms with Gasteiger partial charge in [-0.1, -0.05) is 115 Å². The molecule has 3 unspecified atom stereocenters. The predicted octanol–water partition coefficient (Wildman–Crippen LogP) is 1.80. The molecule has 3 aromatic carbocycles. The molecule has 3 aromatic rings. The average Bonchev–Trinajstić information content (AvgIpc) is 1.59. The Labute approximate surface area is 828 Å². The molecule has 41 nitrogen and oxygen atoms in total. The molecular weight excluding hydrogens is 1850 g/mol. The first-order valence-corrected chi connectivity index (χ1v) is 51.0. The van der Waals surface area contributed by atoms with E-state index in [1.165, 1.54) is 48.5 Å². The van der Waals surface area contributed by atoms with Crippen molar-refractivity contribution in [3.63, 3.8) is 0 Å². The molecule has 0 saturated carbocycles. The number of primary amides is 1. The number of aryl methyl sites for hydroxylation is 1. The van der Waals surface area contributed by atoms with Gasteiger partial charge in [-0.3, -0.25) is 96.8 Å². The van der Waals surface area contributed by atoms with Crippen LogP contribution < -0.4 is 53.6 Å². The Morgan fingerprint density at radius 1 is 0.607 bits per heavy atom. The van der Waals surface area contributed by atoms with Crippen molar-refractivity contribution in [2.45, 2.75) is 224 Å². The molecule has 10 atom stereocenters. The van der Waals surface area contributed by atoms with Gasteiger partial charge in [-0.15, -0.1) is 0 Å². The topological polar surface area (TPSA) is 580 Å². The second-order valence-electron chi connectivity index (χ2n) is 37.1. The Balaban J connectivity index is 0.943. The Morgan fingerprint density at radius 2 is 1.19 bits per heavy atom. The summed E-state index contributed by atoms with van der Waals surface area (Å²) >= 11 is 2.77. The van der Waals surface area contributed by atoms with Crippen LogP contribution in [0.4, 0.5) is 0 Å². The summed E-state index contributed by atoms with van der Waals surface area (Å²) in [6, 6.07) is 15.1. The van der Waals surface area contributed by atoms with E-state index in [4.69, 9.17) is 19.9 Å². The van der Waals surface area contributed by atoms with Crippen molar-refractivity contribution in [2.24, 2.45) is 45.3 Å². The number of aliphatic carboxylic acids is 3. The van der Waals surface area contributed by atoms with Crippen LogP contribution in [-0.4, -0.2) is 367 Å². The molecule has 6 rings (SSSR count). The number of carboxylic acid groups (broad SMARTS) is 3. The van der Waals surface area contributed by atoms with Crippen LogP contribution in [0.25, 0.3) is 10.8 Å². The van der Waals surface area contributed by atoms with Gasteiger partial charge in [0.2, 0.25) is 59.1 Å². The van der Waals surface area contributed by atoms with Gasteiger partial charge in [-0.05, 0) is 130 Å². The number of unbranched alkanes of at least 4 members (excludes halogenated alkanes) is 1. The van der Waals surface area contributed by atoms with Gasteiger partial charge in [0.05, 0.1) is 70.0 Å². The Kier molecular flexibility index (Phi) is 54.7. The Morgan fingerprint density at radius 3 is 1.79 bits per heavy atom. The number of nitrogens with one attached hydrogen (secondary N) is 9. The third-order valence-corrected chi connectivity index (χ3v) is 26.3. The summed E-state index contributed by atoms with van der Waals surface area (Å²) in [5, 5.41) is 87.9. The van der Waals surface area contributed by atoms with Gasteiger partial charge in [-0.25, -0.2) is 9.98 Å². The third kappa shape index (κ3) is 46.4. The lowest BCUT2D eigenvalue weighted by Gasteiger charge is -2.34. The van der Waals surface area contributed by atoms with E-state index < -0.39 is 144 Å². The van der Waals surface area contributed by atoms with Gasteiger partial charge in [0.1, 0.15) is 35.9 Å². The van der Waals surface area contributed by atoms with Crippen molar-refractivity contribution in [3.05, 3.63) is 83.4 Å². The molecule has 3 aliphatic heterocycles. The number of benzene rings is 3. The first-order valence-electron chi connectivity index (χ1n) is 48.6. The van der Waals surface area contributed by atoms with Crippen LogP contribution in [0.2, 0.25) is 0 Å². The number of ether oxygens (including phenoxy) is 3. The number of aliphatic imine (C=N–C) groups is 2. The zero-order valence-electron chi connectivity index (χ0n) is 82.3. The summed E-state index contributed by atoms with van der Waals surface area (Å²) in [5.74, 6) is -12.6. The summed E-state index contributed by atoms with van der Waals surface area (Å²) in [5.41, 5.74) is 6.67. The van der Waals surface area contributed by atoms with Gasteiger partial charge in [0.15, 0.2) is 6.29 Å². The molecule has 780 valence electrons. The smallest absolute Gasteiger partial charge is 0.317 e. The molecular formula is C97H151N17O24S2. The lowest BCUT2D eigenvalue weighted by molar-refractivity contribution is -0.139. The second-order valence-corrected chi connectivity index (χ2v) is 39.2. The highest BCUT2D eigenvalue weighted by Gasteiger charge is 2.40. The molecule has 43 heteroatoms. The first kappa shape index (κ1) is 119. The van der Waals surface area contributed by atoms with E-state index in [2.05, 4.69) is 57.8 Å². The van der Waals surface area contributed by atoms with Crippen LogP contribution in [0, 0.1) is 29.6 Å². The van der Waals surface area contributed by atoms with Gasteiger partial charge in [0, 0.05) is 159 Å². The summed E-state index contributed by atoms with van der Waals surface area (Å²) in [4.78, 5) is 217. The summed E-state index contributed by atoms with van der Waals surface area (Å²) in [7, 11) is 0. The van der Waals surface area contributed by atoms with Crippen molar-refractivity contribution in [1.82, 2.24) is 72.4 Å². The van der Waals surface area contributed by atoms with Crippen molar-refractivity contribution >= 4 is 136 Å². The maximum absolute atomic E-state index is 14.7. The third-order valence-electron chi connectivity index (χ3n) is 24.0. The van der Waals surface area contributed by atoms with E-state index in [9.17, 15) is 103 Å². The van der Waals surface area contributed by atoms with E-state index in [0.29, 0.717) is 89.1 Å². The normalized spacial score (nSPS) is 20.1. The lowest BCUT2D eigenvalue weighted by Crippen LogP contribution is -2.63. The zero-order valence-corrected chi connectivity index (χ0v) is 83.9. The number of carbonyl (C=O) groups excluding carboxylic acids is 12. The van der Waals surface area contributed by atoms with Crippen molar-refractivity contribution < 1.29 is 117 Å². The number of aliphatic hydroxyl groups is 3. The number of likely N-dealkylation sites (tertiary alicyclic amines) is 1. The quantitative estimate of drug-likeness (QED) is 0.0218. The highest BCUT2D eigenvalue weighted by molar-refractivity contribution is 7.98. The second kappa shape index (κ2) is 64.5. The van der Waals surface area contributed by atoms with Crippen molar-refractivity contribution in [2.75, 3.05) is 156 Å². The van der Waals surface area contributed by atoms with Gasteiger partial charge in [0.25, 0.3) is 11.8 Å². The molecule has 2 bridgehead atoms. The number of nitrogens with two attached hydrogens (primary N) is 1. The lowest BCUT2D eigenvalue weighted by atomic mass is 9.95. The molecule has 0 radical (unpaired) electrons. The molecule has 140 heavy (non-hydrogen) atoms. The largest absolute Gasteiger partial charge is 0.481 e. The Hall–Kier alpha value is -10.0. The average molecular weight is 2000 g/mol. The fraction of sp³-hybridized carbons (Fsp3) is 0.660. The van der Waals surface area contributed by atoms with Gasteiger partial charge >= 0.3 is 17.9 Å². The number of carbonyl (C=O) groups is 15.